The molecule has 0 unspecified atom stereocenters. The summed E-state index contributed by atoms with van der Waals surface area (Å²) < 4.78 is 10.2. The zero-order chi connectivity index (χ0) is 14.3. The number of carbonyl (C=O) groups is 2. The van der Waals surface area contributed by atoms with Gasteiger partial charge in [-0.1, -0.05) is 5.16 Å². The summed E-state index contributed by atoms with van der Waals surface area (Å²) in [5.74, 6) is 0.458. The first-order valence-corrected chi connectivity index (χ1v) is 6.14. The minimum atomic E-state index is -0.711. The highest BCUT2D eigenvalue weighted by Crippen LogP contribution is 2.35. The van der Waals surface area contributed by atoms with Crippen LogP contribution >= 0.6 is 11.6 Å². The highest BCUT2D eigenvalue weighted by molar-refractivity contribution is 6.67. The van der Waals surface area contributed by atoms with Crippen molar-refractivity contribution in [2.24, 2.45) is 0 Å². The van der Waals surface area contributed by atoms with E-state index in [-0.39, 0.29) is 18.3 Å². The number of ether oxygens (including phenoxy) is 1. The molecule has 0 saturated heterocycles. The van der Waals surface area contributed by atoms with Crippen LogP contribution in [0, 0.1) is 0 Å². The Morgan fingerprint density at radius 1 is 1.40 bits per heavy atom. The van der Waals surface area contributed by atoms with Crippen molar-refractivity contribution in [3.05, 3.63) is 30.0 Å². The lowest BCUT2D eigenvalue weighted by Crippen LogP contribution is -2.35. The van der Waals surface area contributed by atoms with Crippen molar-refractivity contribution in [2.45, 2.75) is 0 Å². The first-order chi connectivity index (χ1) is 9.56. The number of halogens is 1. The quantitative estimate of drug-likeness (QED) is 0.792. The monoisotopic (exact) mass is 292 g/mol. The van der Waals surface area contributed by atoms with E-state index in [1.807, 2.05) is 0 Å². The third-order valence-corrected chi connectivity index (χ3v) is 3.23. The predicted molar refractivity (Wildman–Crippen MR) is 71.0 cm³/mol. The molecule has 1 amide bonds. The number of hydrogen-bond acceptors (Lipinski definition) is 5. The van der Waals surface area contributed by atoms with Gasteiger partial charge in [-0.2, -0.15) is 0 Å². The Kier molecular flexibility index (Phi) is 2.94. The second kappa shape index (κ2) is 4.64. The SMILES string of the molecule is CN1C(=O)COc2ccc(-c3cc(C(=O)Cl)on3)cc21. The van der Waals surface area contributed by atoms with Gasteiger partial charge in [-0.05, 0) is 29.8 Å². The number of rotatable bonds is 2. The second-order valence-electron chi connectivity index (χ2n) is 4.27. The normalized spacial score (nSPS) is 13.9. The van der Waals surface area contributed by atoms with Crippen LogP contribution in [-0.2, 0) is 4.79 Å². The van der Waals surface area contributed by atoms with Crippen LogP contribution in [0.25, 0.3) is 11.3 Å². The minimum absolute atomic E-state index is 0.0255. The molecule has 1 aromatic carbocycles. The number of aromatic nitrogens is 1. The first kappa shape index (κ1) is 12.7. The maximum Gasteiger partial charge on any atom is 0.290 e. The van der Waals surface area contributed by atoms with E-state index in [1.54, 1.807) is 25.2 Å². The zero-order valence-corrected chi connectivity index (χ0v) is 11.2. The largest absolute Gasteiger partial charge is 0.482 e. The number of nitrogens with zero attached hydrogens (tertiary/aromatic N) is 2. The molecule has 2 aromatic rings. The lowest BCUT2D eigenvalue weighted by Gasteiger charge is -2.26. The standard InChI is InChI=1S/C13H9ClN2O4/c1-16-9-4-7(2-3-10(9)19-6-12(16)17)8-5-11(13(14)18)20-15-8/h2-5H,6H2,1H3. The van der Waals surface area contributed by atoms with Crippen molar-refractivity contribution >= 4 is 28.4 Å². The van der Waals surface area contributed by atoms with E-state index in [9.17, 15) is 9.59 Å². The van der Waals surface area contributed by atoms with E-state index in [1.165, 1.54) is 11.0 Å². The topological polar surface area (TPSA) is 72.6 Å². The van der Waals surface area contributed by atoms with Gasteiger partial charge in [-0.15, -0.1) is 0 Å². The number of fused-ring (bicyclic) bond motifs is 1. The van der Waals surface area contributed by atoms with E-state index in [4.69, 9.17) is 20.9 Å². The van der Waals surface area contributed by atoms with Gasteiger partial charge in [0.1, 0.15) is 11.4 Å². The van der Waals surface area contributed by atoms with Crippen molar-refractivity contribution in [3.8, 4) is 17.0 Å². The summed E-state index contributed by atoms with van der Waals surface area (Å²) >= 11 is 5.32. The van der Waals surface area contributed by atoms with Crippen LogP contribution in [-0.4, -0.2) is 30.0 Å². The number of carbonyl (C=O) groups excluding carboxylic acids is 2. The van der Waals surface area contributed by atoms with Gasteiger partial charge in [-0.25, -0.2) is 0 Å². The average molecular weight is 293 g/mol. The molecule has 102 valence electrons. The van der Waals surface area contributed by atoms with Crippen LogP contribution in [0.5, 0.6) is 5.75 Å². The Balaban J connectivity index is 2.03. The molecule has 20 heavy (non-hydrogen) atoms. The van der Waals surface area contributed by atoms with Gasteiger partial charge in [0.25, 0.3) is 11.1 Å². The van der Waals surface area contributed by atoms with E-state index >= 15 is 0 Å². The smallest absolute Gasteiger partial charge is 0.290 e. The molecule has 0 spiro atoms. The molecule has 1 aliphatic heterocycles. The lowest BCUT2D eigenvalue weighted by molar-refractivity contribution is -0.120. The number of amides is 1. The fraction of sp³-hybridized carbons (Fsp3) is 0.154. The third kappa shape index (κ3) is 2.04. The van der Waals surface area contributed by atoms with E-state index < -0.39 is 5.24 Å². The average Bonchev–Trinajstić information content (AvgIpc) is 2.93. The lowest BCUT2D eigenvalue weighted by atomic mass is 10.1. The zero-order valence-electron chi connectivity index (χ0n) is 10.4. The van der Waals surface area contributed by atoms with Crippen LogP contribution in [0.1, 0.15) is 10.6 Å². The summed E-state index contributed by atoms with van der Waals surface area (Å²) in [6.45, 7) is 0.0255. The van der Waals surface area contributed by atoms with Gasteiger partial charge in [0.15, 0.2) is 6.61 Å². The van der Waals surface area contributed by atoms with Crippen molar-refractivity contribution in [1.29, 1.82) is 0 Å². The Hall–Kier alpha value is -2.34. The van der Waals surface area contributed by atoms with Gasteiger partial charge in [0.05, 0.1) is 5.69 Å². The second-order valence-corrected chi connectivity index (χ2v) is 4.62. The molecule has 1 aliphatic rings. The minimum Gasteiger partial charge on any atom is -0.482 e. The number of anilines is 1. The summed E-state index contributed by atoms with van der Waals surface area (Å²) in [6.07, 6.45) is 0. The molecule has 0 aliphatic carbocycles. The van der Waals surface area contributed by atoms with Gasteiger partial charge in [0, 0.05) is 18.7 Å². The van der Waals surface area contributed by atoms with Gasteiger partial charge in [0.2, 0.25) is 5.76 Å². The molecule has 0 bridgehead atoms. The molecule has 0 N–H and O–H groups in total. The van der Waals surface area contributed by atoms with Crippen molar-refractivity contribution in [3.63, 3.8) is 0 Å². The van der Waals surface area contributed by atoms with Crippen LogP contribution in [0.4, 0.5) is 5.69 Å². The fourth-order valence-corrected chi connectivity index (χ4v) is 2.02. The Morgan fingerprint density at radius 3 is 2.90 bits per heavy atom. The molecule has 2 heterocycles. The van der Waals surface area contributed by atoms with Crippen molar-refractivity contribution < 1.29 is 18.8 Å². The molecule has 0 atom stereocenters. The van der Waals surface area contributed by atoms with Crippen molar-refractivity contribution in [2.75, 3.05) is 18.6 Å². The molecule has 0 saturated carbocycles. The maximum absolute atomic E-state index is 11.6. The van der Waals surface area contributed by atoms with E-state index in [0.717, 1.165) is 0 Å². The van der Waals surface area contributed by atoms with E-state index in [2.05, 4.69) is 5.16 Å². The summed E-state index contributed by atoms with van der Waals surface area (Å²) in [5.41, 5.74) is 1.80. The van der Waals surface area contributed by atoms with Gasteiger partial charge < -0.3 is 14.2 Å². The third-order valence-electron chi connectivity index (χ3n) is 3.05. The van der Waals surface area contributed by atoms with E-state index in [0.29, 0.717) is 22.7 Å². The molecule has 1 aromatic heterocycles. The number of likely N-dealkylation sites (N-methyl/N-ethyl adjacent to an activating group) is 1. The van der Waals surface area contributed by atoms with Crippen LogP contribution in [0.3, 0.4) is 0 Å². The highest BCUT2D eigenvalue weighted by Gasteiger charge is 2.23. The molecule has 0 fully saturated rings. The Bertz CT molecular complexity index is 710. The summed E-state index contributed by atoms with van der Waals surface area (Å²) in [5, 5.41) is 3.07. The first-order valence-electron chi connectivity index (χ1n) is 5.76. The summed E-state index contributed by atoms with van der Waals surface area (Å²) in [6, 6.07) is 6.70. The molecular formula is C13H9ClN2O4. The summed E-state index contributed by atoms with van der Waals surface area (Å²) in [4.78, 5) is 24.1. The molecule has 3 rings (SSSR count). The number of hydrogen-bond donors (Lipinski definition) is 0. The fourth-order valence-electron chi connectivity index (χ4n) is 1.94. The Labute approximate surface area is 118 Å². The van der Waals surface area contributed by atoms with Crippen LogP contribution < -0.4 is 9.64 Å². The van der Waals surface area contributed by atoms with Gasteiger partial charge >= 0.3 is 0 Å². The molecule has 0 radical (unpaired) electrons. The van der Waals surface area contributed by atoms with Crippen molar-refractivity contribution in [1.82, 2.24) is 5.16 Å². The predicted octanol–water partition coefficient (Wildman–Crippen LogP) is 2.08. The Morgan fingerprint density at radius 2 is 2.20 bits per heavy atom. The van der Waals surface area contributed by atoms with Crippen LogP contribution in [0.2, 0.25) is 0 Å². The maximum atomic E-state index is 11.6. The summed E-state index contributed by atoms with van der Waals surface area (Å²) in [7, 11) is 1.67. The molecule has 6 nitrogen and oxygen atoms in total. The molecule has 7 heteroatoms. The van der Waals surface area contributed by atoms with Crippen LogP contribution in [0.15, 0.2) is 28.8 Å². The molecular weight excluding hydrogens is 284 g/mol. The highest BCUT2D eigenvalue weighted by atomic mass is 35.5. The van der Waals surface area contributed by atoms with Gasteiger partial charge in [-0.3, -0.25) is 9.59 Å². The number of benzene rings is 1.